The zero-order valence-corrected chi connectivity index (χ0v) is 17.1. The van der Waals surface area contributed by atoms with Crippen LogP contribution in [0.25, 0.3) is 0 Å². The second kappa shape index (κ2) is 8.82. The zero-order valence-electron chi connectivity index (χ0n) is 14.7. The van der Waals surface area contributed by atoms with Crippen molar-refractivity contribution in [1.29, 1.82) is 0 Å². The highest BCUT2D eigenvalue weighted by Gasteiger charge is 2.50. The lowest BCUT2D eigenvalue weighted by Gasteiger charge is -2.38. The Labute approximate surface area is 162 Å². The lowest BCUT2D eigenvalue weighted by molar-refractivity contribution is -0.181. The van der Waals surface area contributed by atoms with E-state index in [4.69, 9.17) is 23.2 Å². The normalized spacial score (nSPS) is 42.1. The third-order valence-electron chi connectivity index (χ3n) is 6.50. The van der Waals surface area contributed by atoms with Crippen molar-refractivity contribution in [2.24, 2.45) is 5.92 Å². The second-order valence-corrected chi connectivity index (χ2v) is 12.2. The molecule has 0 nitrogen and oxygen atoms in total. The summed E-state index contributed by atoms with van der Waals surface area (Å²) in [5, 5.41) is 2.51. The van der Waals surface area contributed by atoms with Crippen LogP contribution in [-0.2, 0) is 10.9 Å². The predicted octanol–water partition coefficient (Wildman–Crippen LogP) is 6.83. The van der Waals surface area contributed by atoms with E-state index in [9.17, 15) is 13.2 Å². The molecule has 0 aromatic heterocycles. The van der Waals surface area contributed by atoms with E-state index in [1.165, 1.54) is 25.7 Å². The molecule has 0 N–H and O–H groups in total. The highest BCUT2D eigenvalue weighted by atomic mass is 35.5. The summed E-state index contributed by atoms with van der Waals surface area (Å²) in [5.41, 5.74) is 0. The highest BCUT2D eigenvalue weighted by molar-refractivity contribution is 7.98. The Hall–Kier alpha value is 0.720. The molecular formula is C19H30Cl2F3S+. The van der Waals surface area contributed by atoms with Crippen LogP contribution in [0.2, 0.25) is 0 Å². The fourth-order valence-corrected chi connectivity index (χ4v) is 9.65. The van der Waals surface area contributed by atoms with Crippen LogP contribution in [0, 0.1) is 5.92 Å². The third-order valence-corrected chi connectivity index (χ3v) is 11.1. The summed E-state index contributed by atoms with van der Waals surface area (Å²) >= 11 is 12.6. The summed E-state index contributed by atoms with van der Waals surface area (Å²) in [6, 6.07) is 0. The van der Waals surface area contributed by atoms with E-state index in [0.29, 0.717) is 39.3 Å². The van der Waals surface area contributed by atoms with Crippen LogP contribution in [0.5, 0.6) is 0 Å². The molecule has 0 heterocycles. The minimum atomic E-state index is -4.00. The summed E-state index contributed by atoms with van der Waals surface area (Å²) in [5.74, 6) is -1.06. The molecule has 0 atom stereocenters. The van der Waals surface area contributed by atoms with Crippen molar-refractivity contribution in [3.05, 3.63) is 0 Å². The number of hydrogen-bond donors (Lipinski definition) is 0. The van der Waals surface area contributed by atoms with E-state index >= 15 is 0 Å². The SMILES string of the molecule is FC(F)(F)C1CCC([S+](C2CCC(Cl)CC2)C2CCC(Cl)CC2)CC1. The maximum Gasteiger partial charge on any atom is 0.391 e. The lowest BCUT2D eigenvalue weighted by Crippen LogP contribution is -2.46. The fraction of sp³-hybridized carbons (Fsp3) is 1.00. The van der Waals surface area contributed by atoms with E-state index in [-0.39, 0.29) is 10.9 Å². The van der Waals surface area contributed by atoms with Crippen LogP contribution >= 0.6 is 23.2 Å². The van der Waals surface area contributed by atoms with Crippen molar-refractivity contribution in [3.8, 4) is 0 Å². The molecule has 3 saturated carbocycles. The van der Waals surface area contributed by atoms with Gasteiger partial charge in [0.05, 0.1) is 5.92 Å². The van der Waals surface area contributed by atoms with Gasteiger partial charge in [-0.25, -0.2) is 0 Å². The minimum Gasteiger partial charge on any atom is -0.171 e. The second-order valence-electron chi connectivity index (χ2n) is 8.17. The van der Waals surface area contributed by atoms with Crippen LogP contribution in [0.3, 0.4) is 0 Å². The first-order chi connectivity index (χ1) is 11.8. The molecule has 0 amide bonds. The van der Waals surface area contributed by atoms with E-state index in [1.54, 1.807) is 0 Å². The third kappa shape index (κ3) is 5.38. The van der Waals surface area contributed by atoms with Gasteiger partial charge < -0.3 is 0 Å². The smallest absolute Gasteiger partial charge is 0.171 e. The van der Waals surface area contributed by atoms with Gasteiger partial charge in [-0.1, -0.05) is 0 Å². The van der Waals surface area contributed by atoms with Gasteiger partial charge in [-0.15, -0.1) is 23.2 Å². The molecule has 25 heavy (non-hydrogen) atoms. The average molecular weight is 418 g/mol. The van der Waals surface area contributed by atoms with Gasteiger partial charge in [0, 0.05) is 10.8 Å². The minimum absolute atomic E-state index is 0.260. The molecule has 0 unspecified atom stereocenters. The van der Waals surface area contributed by atoms with Crippen LogP contribution < -0.4 is 0 Å². The first kappa shape index (κ1) is 20.5. The van der Waals surface area contributed by atoms with Crippen molar-refractivity contribution < 1.29 is 13.2 Å². The van der Waals surface area contributed by atoms with E-state index in [0.717, 1.165) is 38.5 Å². The summed E-state index contributed by atoms with van der Waals surface area (Å²) in [6.45, 7) is 0. The molecule has 0 aromatic rings. The first-order valence-corrected chi connectivity index (χ1v) is 12.2. The molecule has 0 radical (unpaired) electrons. The largest absolute Gasteiger partial charge is 0.391 e. The number of hydrogen-bond acceptors (Lipinski definition) is 0. The summed E-state index contributed by atoms with van der Waals surface area (Å²) in [4.78, 5) is 0. The zero-order chi connectivity index (χ0) is 18.0. The molecule has 0 bridgehead atoms. The molecule has 146 valence electrons. The van der Waals surface area contributed by atoms with Crippen LogP contribution in [0.1, 0.15) is 77.0 Å². The standard InChI is InChI=1S/C19H30Cl2F3S/c20-14-3-9-17(10-4-14)25(18-11-5-15(21)6-12-18)16-7-1-13(2-8-16)19(22,23)24/h13-18H,1-12H2/q+1. The van der Waals surface area contributed by atoms with E-state index < -0.39 is 12.1 Å². The molecule has 0 spiro atoms. The maximum atomic E-state index is 13.0. The van der Waals surface area contributed by atoms with Crippen molar-refractivity contribution in [1.82, 2.24) is 0 Å². The predicted molar refractivity (Wildman–Crippen MR) is 103 cm³/mol. The Kier molecular flexibility index (Phi) is 7.21. The number of rotatable bonds is 3. The van der Waals surface area contributed by atoms with Gasteiger partial charge in [0.15, 0.2) is 0 Å². The molecular weight excluding hydrogens is 388 g/mol. The highest BCUT2D eigenvalue weighted by Crippen LogP contribution is 2.45. The van der Waals surface area contributed by atoms with Gasteiger partial charge in [0.2, 0.25) is 0 Å². The Morgan fingerprint density at radius 1 is 0.560 bits per heavy atom. The van der Waals surface area contributed by atoms with Crippen molar-refractivity contribution in [2.75, 3.05) is 0 Å². The number of halogens is 5. The first-order valence-electron chi connectivity index (χ1n) is 9.90. The Morgan fingerprint density at radius 3 is 1.20 bits per heavy atom. The van der Waals surface area contributed by atoms with Crippen molar-refractivity contribution in [3.63, 3.8) is 0 Å². The van der Waals surface area contributed by atoms with E-state index in [1.807, 2.05) is 0 Å². The van der Waals surface area contributed by atoms with Gasteiger partial charge in [-0.3, -0.25) is 0 Å². The van der Waals surface area contributed by atoms with Crippen LogP contribution in [-0.4, -0.2) is 32.7 Å². The molecule has 0 saturated heterocycles. The van der Waals surface area contributed by atoms with Crippen molar-refractivity contribution >= 4 is 34.1 Å². The topological polar surface area (TPSA) is 0 Å². The van der Waals surface area contributed by atoms with Crippen LogP contribution in [0.4, 0.5) is 13.2 Å². The van der Waals surface area contributed by atoms with Gasteiger partial charge >= 0.3 is 6.18 Å². The summed E-state index contributed by atoms with van der Waals surface area (Å²) < 4.78 is 39.1. The molecule has 0 aromatic carbocycles. The molecule has 3 fully saturated rings. The van der Waals surface area contributed by atoms with Gasteiger partial charge in [0.1, 0.15) is 15.7 Å². The quantitative estimate of drug-likeness (QED) is 0.348. The van der Waals surface area contributed by atoms with Gasteiger partial charge in [-0.2, -0.15) is 13.2 Å². The molecule has 6 heteroatoms. The fourth-order valence-electron chi connectivity index (χ4n) is 5.07. The Balaban J connectivity index is 1.66. The summed E-state index contributed by atoms with van der Waals surface area (Å²) in [6.07, 6.45) is 7.26. The Morgan fingerprint density at radius 2 is 0.880 bits per heavy atom. The van der Waals surface area contributed by atoms with Crippen molar-refractivity contribution in [2.45, 2.75) is 110 Å². The average Bonchev–Trinajstić information content (AvgIpc) is 2.58. The van der Waals surface area contributed by atoms with Crippen LogP contribution in [0.15, 0.2) is 0 Å². The molecule has 3 rings (SSSR count). The molecule has 0 aliphatic heterocycles. The van der Waals surface area contributed by atoms with E-state index in [2.05, 4.69) is 0 Å². The van der Waals surface area contributed by atoms with Gasteiger partial charge in [0.25, 0.3) is 0 Å². The molecule has 3 aliphatic rings. The maximum absolute atomic E-state index is 13.0. The molecule has 3 aliphatic carbocycles. The number of alkyl halides is 5. The lowest BCUT2D eigenvalue weighted by atomic mass is 9.88. The Bertz CT molecular complexity index is 385. The monoisotopic (exact) mass is 417 g/mol. The van der Waals surface area contributed by atoms with Gasteiger partial charge in [-0.05, 0) is 87.9 Å². The summed E-state index contributed by atoms with van der Waals surface area (Å²) in [7, 11) is 0.260.